The standard InChI is InChI=1S/C14H15N5O3/c1-14(2)11(7-12(20)22-14)13(21)16-9-3-5-10(6-4-9)19-8-15-17-18-19/h3-6,8,11H,7H2,1-2H3,(H,16,21). The molecule has 0 spiro atoms. The van der Waals surface area contributed by atoms with Crippen molar-refractivity contribution in [1.82, 2.24) is 20.2 Å². The first-order valence-corrected chi connectivity index (χ1v) is 6.82. The van der Waals surface area contributed by atoms with E-state index in [9.17, 15) is 9.59 Å². The van der Waals surface area contributed by atoms with Gasteiger partial charge in [-0.2, -0.15) is 0 Å². The number of hydrogen-bond donors (Lipinski definition) is 1. The van der Waals surface area contributed by atoms with Crippen LogP contribution in [0, 0.1) is 5.92 Å². The van der Waals surface area contributed by atoms with E-state index in [1.165, 1.54) is 11.0 Å². The van der Waals surface area contributed by atoms with Gasteiger partial charge in [-0.3, -0.25) is 9.59 Å². The molecule has 8 heteroatoms. The van der Waals surface area contributed by atoms with Crippen LogP contribution in [-0.2, 0) is 14.3 Å². The van der Waals surface area contributed by atoms with Gasteiger partial charge in [0.15, 0.2) is 0 Å². The van der Waals surface area contributed by atoms with Gasteiger partial charge in [0.2, 0.25) is 5.91 Å². The normalized spacial score (nSPS) is 19.7. The lowest BCUT2D eigenvalue weighted by atomic mass is 9.90. The molecule has 22 heavy (non-hydrogen) atoms. The van der Waals surface area contributed by atoms with E-state index in [1.807, 2.05) is 0 Å². The van der Waals surface area contributed by atoms with Gasteiger partial charge in [0.1, 0.15) is 11.9 Å². The Morgan fingerprint density at radius 3 is 2.64 bits per heavy atom. The molecule has 2 heterocycles. The average molecular weight is 301 g/mol. The van der Waals surface area contributed by atoms with Crippen molar-refractivity contribution in [3.05, 3.63) is 30.6 Å². The van der Waals surface area contributed by atoms with Crippen LogP contribution < -0.4 is 5.32 Å². The highest BCUT2D eigenvalue weighted by Gasteiger charge is 2.46. The Bertz CT molecular complexity index is 694. The highest BCUT2D eigenvalue weighted by atomic mass is 16.6. The summed E-state index contributed by atoms with van der Waals surface area (Å²) in [7, 11) is 0. The van der Waals surface area contributed by atoms with Crippen LogP contribution >= 0.6 is 0 Å². The van der Waals surface area contributed by atoms with Gasteiger partial charge in [0, 0.05) is 5.69 Å². The quantitative estimate of drug-likeness (QED) is 0.847. The lowest BCUT2D eigenvalue weighted by molar-refractivity contribution is -0.147. The zero-order chi connectivity index (χ0) is 15.7. The van der Waals surface area contributed by atoms with Crippen LogP contribution in [0.3, 0.4) is 0 Å². The molecule has 1 amide bonds. The summed E-state index contributed by atoms with van der Waals surface area (Å²) in [4.78, 5) is 23.7. The molecule has 0 aliphatic carbocycles. The van der Waals surface area contributed by atoms with Crippen molar-refractivity contribution in [3.8, 4) is 5.69 Å². The Labute approximate surface area is 126 Å². The summed E-state index contributed by atoms with van der Waals surface area (Å²) in [6, 6.07) is 7.07. The number of esters is 1. The number of carbonyl (C=O) groups is 2. The fraction of sp³-hybridized carbons (Fsp3) is 0.357. The number of benzene rings is 1. The molecule has 8 nitrogen and oxygen atoms in total. The van der Waals surface area contributed by atoms with Crippen LogP contribution in [0.2, 0.25) is 0 Å². The smallest absolute Gasteiger partial charge is 0.307 e. The molecular formula is C14H15N5O3. The minimum atomic E-state index is -0.784. The third-order valence-electron chi connectivity index (χ3n) is 3.65. The molecule has 1 aliphatic rings. The van der Waals surface area contributed by atoms with Gasteiger partial charge in [0.25, 0.3) is 0 Å². The SMILES string of the molecule is CC1(C)OC(=O)CC1C(=O)Nc1ccc(-n2cnnn2)cc1. The number of anilines is 1. The number of nitrogens with one attached hydrogen (secondary N) is 1. The summed E-state index contributed by atoms with van der Waals surface area (Å²) in [5, 5.41) is 13.7. The Morgan fingerprint density at radius 1 is 1.36 bits per heavy atom. The minimum absolute atomic E-state index is 0.0988. The molecule has 1 fully saturated rings. The molecule has 0 saturated carbocycles. The zero-order valence-electron chi connectivity index (χ0n) is 12.2. The van der Waals surface area contributed by atoms with E-state index in [-0.39, 0.29) is 18.3 Å². The number of carbonyl (C=O) groups excluding carboxylic acids is 2. The molecule has 1 N–H and O–H groups in total. The van der Waals surface area contributed by atoms with E-state index >= 15 is 0 Å². The molecule has 1 aromatic heterocycles. The van der Waals surface area contributed by atoms with Crippen molar-refractivity contribution in [2.75, 3.05) is 5.32 Å². The first-order chi connectivity index (χ1) is 10.5. The van der Waals surface area contributed by atoms with Gasteiger partial charge in [-0.05, 0) is 48.5 Å². The molecule has 0 bridgehead atoms. The summed E-state index contributed by atoms with van der Waals surface area (Å²) >= 11 is 0. The van der Waals surface area contributed by atoms with Gasteiger partial charge < -0.3 is 10.1 Å². The average Bonchev–Trinajstić information content (AvgIpc) is 3.07. The Kier molecular flexibility index (Phi) is 3.36. The summed E-state index contributed by atoms with van der Waals surface area (Å²) in [6.45, 7) is 3.48. The summed E-state index contributed by atoms with van der Waals surface area (Å²) < 4.78 is 6.68. The fourth-order valence-corrected chi connectivity index (χ4v) is 2.43. The van der Waals surface area contributed by atoms with Crippen molar-refractivity contribution in [1.29, 1.82) is 0 Å². The molecular weight excluding hydrogens is 286 g/mol. The molecule has 1 aliphatic heterocycles. The largest absolute Gasteiger partial charge is 0.459 e. The maximum absolute atomic E-state index is 12.3. The number of hydrogen-bond acceptors (Lipinski definition) is 6. The summed E-state index contributed by atoms with van der Waals surface area (Å²) in [5.74, 6) is -1.08. The highest BCUT2D eigenvalue weighted by Crippen LogP contribution is 2.33. The van der Waals surface area contributed by atoms with Gasteiger partial charge in [-0.15, -0.1) is 5.10 Å². The van der Waals surface area contributed by atoms with E-state index in [4.69, 9.17) is 4.74 Å². The van der Waals surface area contributed by atoms with Crippen LogP contribution in [0.15, 0.2) is 30.6 Å². The van der Waals surface area contributed by atoms with Crippen LogP contribution in [-0.4, -0.2) is 37.7 Å². The number of cyclic esters (lactones) is 1. The molecule has 114 valence electrons. The second-order valence-electron chi connectivity index (χ2n) is 5.62. The third-order valence-corrected chi connectivity index (χ3v) is 3.65. The number of aromatic nitrogens is 4. The maximum Gasteiger partial charge on any atom is 0.307 e. The van der Waals surface area contributed by atoms with Gasteiger partial charge in [-0.1, -0.05) is 0 Å². The highest BCUT2D eigenvalue weighted by molar-refractivity contribution is 5.96. The van der Waals surface area contributed by atoms with Crippen molar-refractivity contribution >= 4 is 17.6 Å². The lowest BCUT2D eigenvalue weighted by Crippen LogP contribution is -2.36. The molecule has 1 aromatic carbocycles. The molecule has 2 aromatic rings. The maximum atomic E-state index is 12.3. The molecule has 1 unspecified atom stereocenters. The Morgan fingerprint density at radius 2 is 2.09 bits per heavy atom. The van der Waals surface area contributed by atoms with Crippen LogP contribution in [0.4, 0.5) is 5.69 Å². The number of amides is 1. The van der Waals surface area contributed by atoms with Crippen LogP contribution in [0.1, 0.15) is 20.3 Å². The van der Waals surface area contributed by atoms with Crippen LogP contribution in [0.5, 0.6) is 0 Å². The van der Waals surface area contributed by atoms with Crippen molar-refractivity contribution in [2.24, 2.45) is 5.92 Å². The number of tetrazole rings is 1. The number of ether oxygens (including phenoxy) is 1. The summed E-state index contributed by atoms with van der Waals surface area (Å²) in [5.41, 5.74) is 0.632. The predicted molar refractivity (Wildman–Crippen MR) is 76.1 cm³/mol. The van der Waals surface area contributed by atoms with Crippen molar-refractivity contribution in [2.45, 2.75) is 25.9 Å². The predicted octanol–water partition coefficient (Wildman–Crippen LogP) is 0.942. The monoisotopic (exact) mass is 301 g/mol. The van der Waals surface area contributed by atoms with E-state index in [1.54, 1.807) is 38.1 Å². The van der Waals surface area contributed by atoms with E-state index < -0.39 is 11.5 Å². The van der Waals surface area contributed by atoms with Crippen molar-refractivity contribution < 1.29 is 14.3 Å². The number of nitrogens with zero attached hydrogens (tertiary/aromatic N) is 4. The second kappa shape index (κ2) is 5.21. The van der Waals surface area contributed by atoms with Crippen LogP contribution in [0.25, 0.3) is 5.69 Å². The topological polar surface area (TPSA) is 99.0 Å². The molecule has 1 atom stereocenters. The lowest BCUT2D eigenvalue weighted by Gasteiger charge is -2.23. The molecule has 1 saturated heterocycles. The third kappa shape index (κ3) is 2.67. The van der Waals surface area contributed by atoms with Gasteiger partial charge in [-0.25, -0.2) is 4.68 Å². The number of rotatable bonds is 3. The second-order valence-corrected chi connectivity index (χ2v) is 5.62. The molecule has 0 radical (unpaired) electrons. The van der Waals surface area contributed by atoms with E-state index in [0.29, 0.717) is 5.69 Å². The first kappa shape index (κ1) is 14.2. The van der Waals surface area contributed by atoms with Gasteiger partial charge >= 0.3 is 5.97 Å². The molecule has 3 rings (SSSR count). The van der Waals surface area contributed by atoms with Gasteiger partial charge in [0.05, 0.1) is 18.0 Å². The van der Waals surface area contributed by atoms with E-state index in [0.717, 1.165) is 5.69 Å². The zero-order valence-corrected chi connectivity index (χ0v) is 12.2. The van der Waals surface area contributed by atoms with E-state index in [2.05, 4.69) is 20.8 Å². The van der Waals surface area contributed by atoms with Crippen molar-refractivity contribution in [3.63, 3.8) is 0 Å². The summed E-state index contributed by atoms with van der Waals surface area (Å²) in [6.07, 6.45) is 1.58. The minimum Gasteiger partial charge on any atom is -0.459 e. The first-order valence-electron chi connectivity index (χ1n) is 6.82. The fourth-order valence-electron chi connectivity index (χ4n) is 2.43. The Balaban J connectivity index is 1.71. The Hall–Kier alpha value is -2.77.